The first kappa shape index (κ1) is 20.8. The van der Waals surface area contributed by atoms with E-state index in [1.807, 2.05) is 18.2 Å². The number of ether oxygens (including phenoxy) is 2. The number of benzene rings is 2. The molecule has 8 nitrogen and oxygen atoms in total. The summed E-state index contributed by atoms with van der Waals surface area (Å²) in [5.41, 5.74) is 2.81. The van der Waals surface area contributed by atoms with E-state index in [9.17, 15) is 10.1 Å². The van der Waals surface area contributed by atoms with Gasteiger partial charge in [0.25, 0.3) is 5.69 Å². The standard InChI is InChI=1S/C22H21N3O5/c1-28-20-7-6-16(14-21(20)29-2)10-13-30-24-22(17-8-11-23-12-9-17)18-4-3-5-19(15-18)25(26)27/h3-9,11-12,14-15H,10,13H2,1-2H3. The molecule has 0 amide bonds. The molecule has 0 aliphatic rings. The maximum Gasteiger partial charge on any atom is 0.270 e. The Morgan fingerprint density at radius 1 is 1.00 bits per heavy atom. The first-order valence-corrected chi connectivity index (χ1v) is 9.18. The van der Waals surface area contributed by atoms with Crippen molar-refractivity contribution in [3.63, 3.8) is 0 Å². The van der Waals surface area contributed by atoms with Gasteiger partial charge < -0.3 is 14.3 Å². The van der Waals surface area contributed by atoms with Crippen LogP contribution in [-0.2, 0) is 11.3 Å². The molecule has 1 heterocycles. The highest BCUT2D eigenvalue weighted by molar-refractivity contribution is 6.12. The number of aromatic nitrogens is 1. The third-order valence-electron chi connectivity index (χ3n) is 4.37. The molecule has 30 heavy (non-hydrogen) atoms. The average Bonchev–Trinajstić information content (AvgIpc) is 2.79. The van der Waals surface area contributed by atoms with Gasteiger partial charge in [0.1, 0.15) is 12.3 Å². The maximum absolute atomic E-state index is 11.1. The number of oxime groups is 1. The van der Waals surface area contributed by atoms with Crippen LogP contribution in [-0.4, -0.2) is 36.4 Å². The number of nitro benzene ring substituents is 1. The van der Waals surface area contributed by atoms with Gasteiger partial charge in [0, 0.05) is 42.1 Å². The fourth-order valence-electron chi connectivity index (χ4n) is 2.86. The van der Waals surface area contributed by atoms with Crippen molar-refractivity contribution in [1.29, 1.82) is 0 Å². The maximum atomic E-state index is 11.1. The van der Waals surface area contributed by atoms with Gasteiger partial charge in [-0.05, 0) is 29.8 Å². The minimum Gasteiger partial charge on any atom is -0.493 e. The van der Waals surface area contributed by atoms with Crippen LogP contribution in [0.4, 0.5) is 5.69 Å². The molecular weight excluding hydrogens is 386 g/mol. The lowest BCUT2D eigenvalue weighted by Gasteiger charge is -2.10. The summed E-state index contributed by atoms with van der Waals surface area (Å²) in [5, 5.41) is 15.4. The van der Waals surface area contributed by atoms with Gasteiger partial charge in [-0.2, -0.15) is 0 Å². The van der Waals surface area contributed by atoms with Crippen LogP contribution in [0.3, 0.4) is 0 Å². The molecule has 0 spiro atoms. The van der Waals surface area contributed by atoms with Gasteiger partial charge in [0.05, 0.1) is 19.1 Å². The molecule has 0 saturated heterocycles. The first-order chi connectivity index (χ1) is 14.6. The Hall–Kier alpha value is -3.94. The quantitative estimate of drug-likeness (QED) is 0.230. The highest BCUT2D eigenvalue weighted by Gasteiger charge is 2.13. The summed E-state index contributed by atoms with van der Waals surface area (Å²) in [4.78, 5) is 20.3. The van der Waals surface area contributed by atoms with E-state index in [0.717, 1.165) is 11.1 Å². The molecule has 0 aliphatic heterocycles. The van der Waals surface area contributed by atoms with Crippen LogP contribution in [0, 0.1) is 10.1 Å². The van der Waals surface area contributed by atoms with Crippen molar-refractivity contribution in [3.05, 3.63) is 93.8 Å². The molecule has 8 heteroatoms. The Morgan fingerprint density at radius 3 is 2.47 bits per heavy atom. The molecule has 0 saturated carbocycles. The van der Waals surface area contributed by atoms with Gasteiger partial charge in [-0.15, -0.1) is 0 Å². The minimum atomic E-state index is -0.439. The van der Waals surface area contributed by atoms with E-state index in [1.54, 1.807) is 50.9 Å². The second-order valence-electron chi connectivity index (χ2n) is 6.26. The predicted octanol–water partition coefficient (Wildman–Crippen LogP) is 4.02. The monoisotopic (exact) mass is 407 g/mol. The molecule has 0 fully saturated rings. The molecule has 0 bridgehead atoms. The van der Waals surface area contributed by atoms with Crippen molar-refractivity contribution in [1.82, 2.24) is 4.98 Å². The zero-order chi connectivity index (χ0) is 21.3. The van der Waals surface area contributed by atoms with Gasteiger partial charge in [-0.3, -0.25) is 15.1 Å². The third kappa shape index (κ3) is 5.11. The molecule has 1 aromatic heterocycles. The number of hydrogen-bond donors (Lipinski definition) is 0. The van der Waals surface area contributed by atoms with Gasteiger partial charge in [0.15, 0.2) is 11.5 Å². The lowest BCUT2D eigenvalue weighted by molar-refractivity contribution is -0.384. The third-order valence-corrected chi connectivity index (χ3v) is 4.37. The summed E-state index contributed by atoms with van der Waals surface area (Å²) >= 11 is 0. The van der Waals surface area contributed by atoms with Crippen molar-refractivity contribution >= 4 is 11.4 Å². The molecule has 0 atom stereocenters. The molecule has 154 valence electrons. The zero-order valence-electron chi connectivity index (χ0n) is 16.6. The number of hydrogen-bond acceptors (Lipinski definition) is 7. The van der Waals surface area contributed by atoms with Crippen molar-refractivity contribution in [3.8, 4) is 11.5 Å². The molecule has 3 rings (SSSR count). The van der Waals surface area contributed by atoms with Crippen LogP contribution < -0.4 is 9.47 Å². The molecule has 0 aliphatic carbocycles. The van der Waals surface area contributed by atoms with E-state index >= 15 is 0 Å². The molecular formula is C22H21N3O5. The molecule has 0 unspecified atom stereocenters. The summed E-state index contributed by atoms with van der Waals surface area (Å²) in [6.07, 6.45) is 3.86. The van der Waals surface area contributed by atoms with Gasteiger partial charge >= 0.3 is 0 Å². The summed E-state index contributed by atoms with van der Waals surface area (Å²) in [7, 11) is 3.17. The summed E-state index contributed by atoms with van der Waals surface area (Å²) in [6.45, 7) is 0.318. The fraction of sp³-hybridized carbons (Fsp3) is 0.182. The van der Waals surface area contributed by atoms with Crippen molar-refractivity contribution in [2.45, 2.75) is 6.42 Å². The first-order valence-electron chi connectivity index (χ1n) is 9.18. The topological polar surface area (TPSA) is 96.1 Å². The van der Waals surface area contributed by atoms with E-state index in [2.05, 4.69) is 10.1 Å². The van der Waals surface area contributed by atoms with E-state index in [1.165, 1.54) is 12.1 Å². The molecule has 2 aromatic carbocycles. The largest absolute Gasteiger partial charge is 0.493 e. The summed E-state index contributed by atoms with van der Waals surface area (Å²) in [5.74, 6) is 1.30. The van der Waals surface area contributed by atoms with Crippen molar-refractivity contribution in [2.24, 2.45) is 5.16 Å². The van der Waals surface area contributed by atoms with Crippen LogP contribution >= 0.6 is 0 Å². The Kier molecular flexibility index (Phi) is 6.94. The summed E-state index contributed by atoms with van der Waals surface area (Å²) in [6, 6.07) is 15.5. The van der Waals surface area contributed by atoms with Crippen LogP contribution in [0.1, 0.15) is 16.7 Å². The van der Waals surface area contributed by atoms with Gasteiger partial charge in [-0.25, -0.2) is 0 Å². The second kappa shape index (κ2) is 10.0. The van der Waals surface area contributed by atoms with Crippen LogP contribution in [0.2, 0.25) is 0 Å². The number of nitrogens with zero attached hydrogens (tertiary/aromatic N) is 3. The van der Waals surface area contributed by atoms with E-state index < -0.39 is 4.92 Å². The van der Waals surface area contributed by atoms with Crippen molar-refractivity contribution < 1.29 is 19.2 Å². The van der Waals surface area contributed by atoms with Crippen LogP contribution in [0.15, 0.2) is 72.1 Å². The molecule has 0 N–H and O–H groups in total. The normalized spacial score (nSPS) is 11.1. The Labute approximate surface area is 173 Å². The Morgan fingerprint density at radius 2 is 1.77 bits per heavy atom. The van der Waals surface area contributed by atoms with Crippen LogP contribution in [0.25, 0.3) is 0 Å². The molecule has 3 aromatic rings. The highest BCUT2D eigenvalue weighted by Crippen LogP contribution is 2.27. The van der Waals surface area contributed by atoms with E-state index in [0.29, 0.717) is 35.8 Å². The SMILES string of the molecule is COc1ccc(CCON=C(c2ccncc2)c2cccc([N+](=O)[O-])c2)cc1OC. The average molecular weight is 407 g/mol. The lowest BCUT2D eigenvalue weighted by atomic mass is 10.0. The van der Waals surface area contributed by atoms with Crippen molar-refractivity contribution in [2.75, 3.05) is 20.8 Å². The number of methoxy groups -OCH3 is 2. The number of pyridine rings is 1. The van der Waals surface area contributed by atoms with Gasteiger partial charge in [0.2, 0.25) is 0 Å². The lowest BCUT2D eigenvalue weighted by Crippen LogP contribution is -2.06. The predicted molar refractivity (Wildman–Crippen MR) is 112 cm³/mol. The minimum absolute atomic E-state index is 0.0143. The zero-order valence-corrected chi connectivity index (χ0v) is 16.6. The fourth-order valence-corrected chi connectivity index (χ4v) is 2.86. The van der Waals surface area contributed by atoms with E-state index in [-0.39, 0.29) is 5.69 Å². The number of non-ortho nitro benzene ring substituents is 1. The summed E-state index contributed by atoms with van der Waals surface area (Å²) < 4.78 is 10.6. The van der Waals surface area contributed by atoms with Crippen LogP contribution in [0.5, 0.6) is 11.5 Å². The van der Waals surface area contributed by atoms with Gasteiger partial charge in [-0.1, -0.05) is 23.4 Å². The number of nitro groups is 1. The second-order valence-corrected chi connectivity index (χ2v) is 6.26. The Balaban J connectivity index is 1.78. The number of rotatable bonds is 9. The smallest absolute Gasteiger partial charge is 0.270 e. The Bertz CT molecular complexity index is 1040. The highest BCUT2D eigenvalue weighted by atomic mass is 16.6. The molecule has 0 radical (unpaired) electrons. The van der Waals surface area contributed by atoms with E-state index in [4.69, 9.17) is 14.3 Å².